The second-order valence-electron chi connectivity index (χ2n) is 1.88. The lowest BCUT2D eigenvalue weighted by Crippen LogP contribution is -2.41. The zero-order valence-corrected chi connectivity index (χ0v) is 5.80. The minimum Gasteiger partial charge on any atom is -0.432 e. The van der Waals surface area contributed by atoms with E-state index in [2.05, 4.69) is 4.74 Å². The molecule has 0 bridgehead atoms. The van der Waals surface area contributed by atoms with Gasteiger partial charge in [-0.1, -0.05) is 0 Å². The first-order chi connectivity index (χ1) is 5.11. The molecule has 2 unspecified atom stereocenters. The Morgan fingerprint density at radius 3 is 2.45 bits per heavy atom. The standard InChI is InChI=1S/C5H11NO5/c6-3(1-7)5(10)11-4(9)2-8/h3,5,7-8,10H,1-2,6H2. The number of esters is 1. The molecule has 0 saturated heterocycles. The van der Waals surface area contributed by atoms with E-state index in [1.165, 1.54) is 0 Å². The molecule has 0 rings (SSSR count). The maximum absolute atomic E-state index is 10.3. The molecule has 0 spiro atoms. The van der Waals surface area contributed by atoms with E-state index in [4.69, 9.17) is 21.1 Å². The van der Waals surface area contributed by atoms with Crippen LogP contribution < -0.4 is 5.73 Å². The van der Waals surface area contributed by atoms with E-state index in [-0.39, 0.29) is 0 Å². The molecule has 0 heterocycles. The lowest BCUT2D eigenvalue weighted by Gasteiger charge is -2.15. The smallest absolute Gasteiger partial charge is 0.334 e. The Morgan fingerprint density at radius 2 is 2.09 bits per heavy atom. The molecule has 0 aromatic heterocycles. The number of ether oxygens (including phenoxy) is 1. The van der Waals surface area contributed by atoms with Gasteiger partial charge < -0.3 is 25.8 Å². The van der Waals surface area contributed by atoms with E-state index in [0.29, 0.717) is 0 Å². The summed E-state index contributed by atoms with van der Waals surface area (Å²) in [5, 5.41) is 25.3. The SMILES string of the molecule is NC(CO)C(O)OC(=O)CO. The molecule has 5 N–H and O–H groups in total. The molecule has 0 saturated carbocycles. The third-order valence-corrected chi connectivity index (χ3v) is 0.958. The molecular weight excluding hydrogens is 154 g/mol. The maximum atomic E-state index is 10.3. The molecule has 2 atom stereocenters. The minimum absolute atomic E-state index is 0.500. The summed E-state index contributed by atoms with van der Waals surface area (Å²) in [7, 11) is 0. The second kappa shape index (κ2) is 5.03. The monoisotopic (exact) mass is 165 g/mol. The van der Waals surface area contributed by atoms with E-state index >= 15 is 0 Å². The Hall–Kier alpha value is -0.690. The van der Waals surface area contributed by atoms with E-state index in [1.54, 1.807) is 0 Å². The van der Waals surface area contributed by atoms with Gasteiger partial charge in [0, 0.05) is 0 Å². The van der Waals surface area contributed by atoms with Gasteiger partial charge in [-0.15, -0.1) is 0 Å². The van der Waals surface area contributed by atoms with Crippen molar-refractivity contribution in [3.8, 4) is 0 Å². The van der Waals surface area contributed by atoms with Gasteiger partial charge in [0.05, 0.1) is 12.6 Å². The van der Waals surface area contributed by atoms with Crippen LogP contribution in [0.1, 0.15) is 0 Å². The molecular formula is C5H11NO5. The van der Waals surface area contributed by atoms with Gasteiger partial charge in [0.1, 0.15) is 6.61 Å². The largest absolute Gasteiger partial charge is 0.432 e. The van der Waals surface area contributed by atoms with Gasteiger partial charge in [0.25, 0.3) is 0 Å². The molecule has 0 aliphatic heterocycles. The lowest BCUT2D eigenvalue weighted by molar-refractivity contribution is -0.175. The summed E-state index contributed by atoms with van der Waals surface area (Å²) in [5.74, 6) is -0.985. The van der Waals surface area contributed by atoms with Crippen molar-refractivity contribution < 1.29 is 24.9 Å². The summed E-state index contributed by atoms with van der Waals surface area (Å²) in [6.45, 7) is -1.32. The van der Waals surface area contributed by atoms with Crippen molar-refractivity contribution in [2.75, 3.05) is 13.2 Å². The van der Waals surface area contributed by atoms with E-state index < -0.39 is 31.5 Å². The number of aliphatic hydroxyl groups is 3. The Balaban J connectivity index is 3.67. The highest BCUT2D eigenvalue weighted by atomic mass is 16.6. The molecule has 11 heavy (non-hydrogen) atoms. The zero-order chi connectivity index (χ0) is 8.85. The summed E-state index contributed by atoms with van der Waals surface area (Å²) in [5.41, 5.74) is 5.06. The molecule has 66 valence electrons. The molecule has 0 aromatic carbocycles. The average Bonchev–Trinajstić information content (AvgIpc) is 2.02. The predicted molar refractivity (Wildman–Crippen MR) is 34.2 cm³/mol. The highest BCUT2D eigenvalue weighted by Crippen LogP contribution is 1.92. The van der Waals surface area contributed by atoms with Crippen LogP contribution in [0.4, 0.5) is 0 Å². The van der Waals surface area contributed by atoms with Crippen LogP contribution in [-0.2, 0) is 9.53 Å². The van der Waals surface area contributed by atoms with E-state index in [0.717, 1.165) is 0 Å². The van der Waals surface area contributed by atoms with Crippen LogP contribution in [0.15, 0.2) is 0 Å². The Bertz CT molecular complexity index is 128. The van der Waals surface area contributed by atoms with Gasteiger partial charge in [-0.05, 0) is 0 Å². The fourth-order valence-corrected chi connectivity index (χ4v) is 0.350. The van der Waals surface area contributed by atoms with E-state index in [9.17, 15) is 4.79 Å². The fraction of sp³-hybridized carbons (Fsp3) is 0.800. The van der Waals surface area contributed by atoms with Crippen LogP contribution in [0.3, 0.4) is 0 Å². The number of rotatable bonds is 4. The van der Waals surface area contributed by atoms with Crippen LogP contribution in [0.5, 0.6) is 0 Å². The number of hydrogen-bond acceptors (Lipinski definition) is 6. The summed E-state index contributed by atoms with van der Waals surface area (Å²) in [4.78, 5) is 10.3. The fourth-order valence-electron chi connectivity index (χ4n) is 0.350. The summed E-state index contributed by atoms with van der Waals surface area (Å²) in [6, 6.07) is -1.04. The van der Waals surface area contributed by atoms with Gasteiger partial charge in [-0.2, -0.15) is 0 Å². The van der Waals surface area contributed by atoms with E-state index in [1.807, 2.05) is 0 Å². The van der Waals surface area contributed by atoms with Gasteiger partial charge in [-0.25, -0.2) is 4.79 Å². The molecule has 0 radical (unpaired) electrons. The first-order valence-corrected chi connectivity index (χ1v) is 2.96. The maximum Gasteiger partial charge on any atom is 0.334 e. The van der Waals surface area contributed by atoms with Gasteiger partial charge >= 0.3 is 5.97 Å². The Kier molecular flexibility index (Phi) is 4.71. The number of aliphatic hydroxyl groups excluding tert-OH is 3. The lowest BCUT2D eigenvalue weighted by atomic mass is 10.3. The summed E-state index contributed by atoms with van der Waals surface area (Å²) in [6.07, 6.45) is -1.57. The van der Waals surface area contributed by atoms with Crippen LogP contribution in [0.25, 0.3) is 0 Å². The van der Waals surface area contributed by atoms with Crippen LogP contribution in [0, 0.1) is 0 Å². The predicted octanol–water partition coefficient (Wildman–Crippen LogP) is -2.84. The first-order valence-electron chi connectivity index (χ1n) is 2.96. The second-order valence-corrected chi connectivity index (χ2v) is 1.88. The quantitative estimate of drug-likeness (QED) is 0.263. The van der Waals surface area contributed by atoms with Gasteiger partial charge in [0.15, 0.2) is 0 Å². The topological polar surface area (TPSA) is 113 Å². The highest BCUT2D eigenvalue weighted by molar-refractivity contribution is 5.70. The summed E-state index contributed by atoms with van der Waals surface area (Å²) < 4.78 is 4.13. The molecule has 6 nitrogen and oxygen atoms in total. The van der Waals surface area contributed by atoms with Crippen molar-refractivity contribution in [2.45, 2.75) is 12.3 Å². The summed E-state index contributed by atoms with van der Waals surface area (Å²) >= 11 is 0. The van der Waals surface area contributed by atoms with Gasteiger partial charge in [0.2, 0.25) is 6.29 Å². The van der Waals surface area contributed by atoms with Crippen molar-refractivity contribution >= 4 is 5.97 Å². The zero-order valence-electron chi connectivity index (χ0n) is 5.80. The normalized spacial score (nSPS) is 15.6. The minimum atomic E-state index is -1.57. The van der Waals surface area contributed by atoms with Crippen molar-refractivity contribution in [3.05, 3.63) is 0 Å². The van der Waals surface area contributed by atoms with Crippen LogP contribution in [0.2, 0.25) is 0 Å². The third-order valence-electron chi connectivity index (χ3n) is 0.958. The average molecular weight is 165 g/mol. The molecule has 0 aromatic rings. The number of carbonyl (C=O) groups excluding carboxylic acids is 1. The van der Waals surface area contributed by atoms with Gasteiger partial charge in [-0.3, -0.25) is 0 Å². The van der Waals surface area contributed by atoms with Crippen molar-refractivity contribution in [3.63, 3.8) is 0 Å². The molecule has 0 amide bonds. The number of carbonyl (C=O) groups is 1. The van der Waals surface area contributed by atoms with Crippen LogP contribution in [-0.4, -0.2) is 46.8 Å². The Morgan fingerprint density at radius 1 is 1.55 bits per heavy atom. The molecule has 6 heteroatoms. The van der Waals surface area contributed by atoms with Crippen LogP contribution >= 0.6 is 0 Å². The van der Waals surface area contributed by atoms with Crippen molar-refractivity contribution in [2.24, 2.45) is 5.73 Å². The number of hydrogen-bond donors (Lipinski definition) is 4. The first kappa shape index (κ1) is 10.3. The number of nitrogens with two attached hydrogens (primary N) is 1. The van der Waals surface area contributed by atoms with Crippen molar-refractivity contribution in [1.82, 2.24) is 0 Å². The molecule has 0 aliphatic rings. The van der Waals surface area contributed by atoms with Crippen molar-refractivity contribution in [1.29, 1.82) is 0 Å². The highest BCUT2D eigenvalue weighted by Gasteiger charge is 2.17. The molecule has 0 fully saturated rings. The molecule has 0 aliphatic carbocycles. The third kappa shape index (κ3) is 3.89. The Labute approximate surface area is 63.2 Å².